The molecule has 1 N–H and O–H groups in total. The zero-order valence-corrected chi connectivity index (χ0v) is 9.41. The Bertz CT molecular complexity index is 567. The van der Waals surface area contributed by atoms with Gasteiger partial charge in [-0.05, 0) is 23.8 Å². The first kappa shape index (κ1) is 11.8. The fraction of sp³-hybridized carbons (Fsp3) is 0. The monoisotopic (exact) mass is 240 g/mol. The predicted octanol–water partition coefficient (Wildman–Crippen LogP) is 0.891. The van der Waals surface area contributed by atoms with Crippen LogP contribution in [0.1, 0.15) is 15.9 Å². The molecule has 5 heteroatoms. The van der Waals surface area contributed by atoms with Gasteiger partial charge in [-0.1, -0.05) is 18.2 Å². The van der Waals surface area contributed by atoms with E-state index in [1.54, 1.807) is 36.8 Å². The van der Waals surface area contributed by atoms with Gasteiger partial charge in [-0.25, -0.2) is 0 Å². The van der Waals surface area contributed by atoms with E-state index in [1.165, 1.54) is 12.1 Å². The lowest BCUT2D eigenvalue weighted by molar-refractivity contribution is -0.255. The van der Waals surface area contributed by atoms with Crippen LogP contribution in [0.15, 0.2) is 53.9 Å². The number of carboxylic acid groups (broad SMARTS) is 1. The third kappa shape index (κ3) is 3.15. The standard InChI is InChI=1S/C13H11N3O2/c17-13(18)11-4-1-5-12(7-11)16-15-9-10-3-2-6-14-8-10/h1-9,16H,(H,17,18)/p-1/b15-9-. The van der Waals surface area contributed by atoms with Crippen molar-refractivity contribution in [3.8, 4) is 0 Å². The molecule has 1 aromatic carbocycles. The number of benzene rings is 1. The Morgan fingerprint density at radius 2 is 2.22 bits per heavy atom. The Labute approximate surface area is 104 Å². The van der Waals surface area contributed by atoms with E-state index in [0.29, 0.717) is 5.69 Å². The zero-order chi connectivity index (χ0) is 12.8. The van der Waals surface area contributed by atoms with Crippen molar-refractivity contribution in [1.82, 2.24) is 4.98 Å². The number of hydrogen-bond donors (Lipinski definition) is 1. The first-order valence-electron chi connectivity index (χ1n) is 5.26. The van der Waals surface area contributed by atoms with Gasteiger partial charge in [0.15, 0.2) is 0 Å². The van der Waals surface area contributed by atoms with Crippen LogP contribution in [-0.2, 0) is 0 Å². The number of carboxylic acids is 1. The third-order valence-electron chi connectivity index (χ3n) is 2.19. The lowest BCUT2D eigenvalue weighted by Gasteiger charge is -2.04. The van der Waals surface area contributed by atoms with Gasteiger partial charge in [0, 0.05) is 18.0 Å². The van der Waals surface area contributed by atoms with Crippen molar-refractivity contribution < 1.29 is 9.90 Å². The molecular weight excluding hydrogens is 230 g/mol. The minimum absolute atomic E-state index is 0.108. The maximum absolute atomic E-state index is 10.7. The number of hydrazone groups is 1. The number of nitrogens with one attached hydrogen (secondary N) is 1. The number of carbonyl (C=O) groups is 1. The molecule has 0 spiro atoms. The minimum Gasteiger partial charge on any atom is -0.545 e. The van der Waals surface area contributed by atoms with E-state index in [9.17, 15) is 9.90 Å². The van der Waals surface area contributed by atoms with Crippen LogP contribution >= 0.6 is 0 Å². The third-order valence-corrected chi connectivity index (χ3v) is 2.19. The Hall–Kier alpha value is -2.69. The molecule has 0 unspecified atom stereocenters. The second-order valence-corrected chi connectivity index (χ2v) is 3.52. The van der Waals surface area contributed by atoms with E-state index in [0.717, 1.165) is 5.56 Å². The fourth-order valence-electron chi connectivity index (χ4n) is 1.35. The number of rotatable bonds is 4. The normalized spacial score (nSPS) is 10.4. The van der Waals surface area contributed by atoms with Gasteiger partial charge < -0.3 is 9.90 Å². The lowest BCUT2D eigenvalue weighted by atomic mass is 10.2. The molecule has 2 rings (SSSR count). The van der Waals surface area contributed by atoms with Gasteiger partial charge in [-0.2, -0.15) is 5.10 Å². The molecule has 0 aliphatic heterocycles. The summed E-state index contributed by atoms with van der Waals surface area (Å²) in [6.45, 7) is 0. The molecule has 2 aromatic rings. The van der Waals surface area contributed by atoms with Gasteiger partial charge in [0.1, 0.15) is 0 Å². The smallest absolute Gasteiger partial charge is 0.0716 e. The summed E-state index contributed by atoms with van der Waals surface area (Å²) < 4.78 is 0. The van der Waals surface area contributed by atoms with Crippen LogP contribution in [0.5, 0.6) is 0 Å². The summed E-state index contributed by atoms with van der Waals surface area (Å²) in [5.74, 6) is -1.21. The largest absolute Gasteiger partial charge is 0.545 e. The number of carbonyl (C=O) groups excluding carboxylic acids is 1. The summed E-state index contributed by atoms with van der Waals surface area (Å²) in [6, 6.07) is 9.91. The lowest BCUT2D eigenvalue weighted by Crippen LogP contribution is -2.22. The highest BCUT2D eigenvalue weighted by atomic mass is 16.4. The molecule has 0 aliphatic carbocycles. The number of aromatic carboxylic acids is 1. The van der Waals surface area contributed by atoms with E-state index >= 15 is 0 Å². The topological polar surface area (TPSA) is 77.4 Å². The first-order valence-corrected chi connectivity index (χ1v) is 5.26. The summed E-state index contributed by atoms with van der Waals surface area (Å²) >= 11 is 0. The number of nitrogens with zero attached hydrogens (tertiary/aromatic N) is 2. The quantitative estimate of drug-likeness (QED) is 0.636. The molecule has 0 bridgehead atoms. The fourth-order valence-corrected chi connectivity index (χ4v) is 1.35. The number of aromatic nitrogens is 1. The predicted molar refractivity (Wildman–Crippen MR) is 66.2 cm³/mol. The Kier molecular flexibility index (Phi) is 3.66. The van der Waals surface area contributed by atoms with Crippen molar-refractivity contribution in [2.75, 3.05) is 5.43 Å². The van der Waals surface area contributed by atoms with Crippen LogP contribution in [0.2, 0.25) is 0 Å². The molecule has 0 saturated carbocycles. The number of anilines is 1. The molecule has 0 radical (unpaired) electrons. The van der Waals surface area contributed by atoms with E-state index < -0.39 is 5.97 Å². The molecule has 0 aliphatic rings. The van der Waals surface area contributed by atoms with Gasteiger partial charge in [0.2, 0.25) is 0 Å². The van der Waals surface area contributed by atoms with Crippen LogP contribution in [0.25, 0.3) is 0 Å². The number of hydrogen-bond acceptors (Lipinski definition) is 5. The Balaban J connectivity index is 2.04. The molecule has 0 fully saturated rings. The number of pyridine rings is 1. The van der Waals surface area contributed by atoms with Crippen LogP contribution in [0.3, 0.4) is 0 Å². The van der Waals surface area contributed by atoms with E-state index in [-0.39, 0.29) is 5.56 Å². The zero-order valence-electron chi connectivity index (χ0n) is 9.41. The van der Waals surface area contributed by atoms with Crippen molar-refractivity contribution in [1.29, 1.82) is 0 Å². The molecule has 0 amide bonds. The molecule has 0 atom stereocenters. The van der Waals surface area contributed by atoms with Gasteiger partial charge in [0.25, 0.3) is 0 Å². The maximum Gasteiger partial charge on any atom is 0.0716 e. The van der Waals surface area contributed by atoms with Gasteiger partial charge in [-0.15, -0.1) is 0 Å². The highest BCUT2D eigenvalue weighted by Crippen LogP contribution is 2.09. The molecule has 1 aromatic heterocycles. The average Bonchev–Trinajstić information content (AvgIpc) is 2.40. The Morgan fingerprint density at radius 3 is 2.94 bits per heavy atom. The molecule has 18 heavy (non-hydrogen) atoms. The Morgan fingerprint density at radius 1 is 1.33 bits per heavy atom. The van der Waals surface area contributed by atoms with Crippen molar-refractivity contribution in [2.24, 2.45) is 5.10 Å². The molecular formula is C13H10N3O2-. The first-order chi connectivity index (χ1) is 8.75. The molecule has 90 valence electrons. The SMILES string of the molecule is O=C([O-])c1cccc(N/N=C\c2cccnc2)c1. The summed E-state index contributed by atoms with van der Waals surface area (Å²) in [5.41, 5.74) is 4.28. The second kappa shape index (κ2) is 5.58. The summed E-state index contributed by atoms with van der Waals surface area (Å²) in [6.07, 6.45) is 4.94. The molecule has 1 heterocycles. The van der Waals surface area contributed by atoms with Gasteiger partial charge >= 0.3 is 0 Å². The summed E-state index contributed by atoms with van der Waals surface area (Å²) in [5, 5.41) is 14.6. The van der Waals surface area contributed by atoms with Crippen LogP contribution in [0, 0.1) is 0 Å². The van der Waals surface area contributed by atoms with Crippen LogP contribution < -0.4 is 10.5 Å². The average molecular weight is 240 g/mol. The summed E-state index contributed by atoms with van der Waals surface area (Å²) in [7, 11) is 0. The van der Waals surface area contributed by atoms with Crippen molar-refractivity contribution >= 4 is 17.9 Å². The minimum atomic E-state index is -1.21. The van der Waals surface area contributed by atoms with Gasteiger partial charge in [-0.3, -0.25) is 10.4 Å². The van der Waals surface area contributed by atoms with E-state index in [1.807, 2.05) is 6.07 Å². The van der Waals surface area contributed by atoms with Crippen LogP contribution in [0.4, 0.5) is 5.69 Å². The second-order valence-electron chi connectivity index (χ2n) is 3.52. The molecule has 0 saturated heterocycles. The van der Waals surface area contributed by atoms with Crippen molar-refractivity contribution in [3.05, 3.63) is 59.9 Å². The highest BCUT2D eigenvalue weighted by molar-refractivity contribution is 5.87. The van der Waals surface area contributed by atoms with Crippen LogP contribution in [-0.4, -0.2) is 17.2 Å². The maximum atomic E-state index is 10.7. The van der Waals surface area contributed by atoms with Crippen molar-refractivity contribution in [2.45, 2.75) is 0 Å². The summed E-state index contributed by atoms with van der Waals surface area (Å²) in [4.78, 5) is 14.6. The van der Waals surface area contributed by atoms with E-state index in [4.69, 9.17) is 0 Å². The van der Waals surface area contributed by atoms with E-state index in [2.05, 4.69) is 15.5 Å². The van der Waals surface area contributed by atoms with Gasteiger partial charge in [0.05, 0.1) is 17.9 Å². The van der Waals surface area contributed by atoms with Crippen molar-refractivity contribution in [3.63, 3.8) is 0 Å². The highest BCUT2D eigenvalue weighted by Gasteiger charge is 1.94. The molecule has 5 nitrogen and oxygen atoms in total.